The van der Waals surface area contributed by atoms with Crippen molar-refractivity contribution >= 4 is 38.0 Å². The third-order valence-electron chi connectivity index (χ3n) is 6.01. The van der Waals surface area contributed by atoms with E-state index in [0.717, 1.165) is 36.4 Å². The minimum Gasteiger partial charge on any atom is -0.399 e. The van der Waals surface area contributed by atoms with Crippen LogP contribution in [0.15, 0.2) is 22.1 Å². The van der Waals surface area contributed by atoms with Crippen LogP contribution in [0.1, 0.15) is 25.3 Å². The highest BCUT2D eigenvalue weighted by Crippen LogP contribution is 2.38. The van der Waals surface area contributed by atoms with Gasteiger partial charge in [0.15, 0.2) is 5.13 Å². The number of non-ortho nitro benzene ring substituents is 1. The van der Waals surface area contributed by atoms with Crippen LogP contribution in [0, 0.1) is 16.0 Å². The lowest BCUT2D eigenvalue weighted by atomic mass is 9.82. The highest BCUT2D eigenvalue weighted by atomic mass is 32.1. The Kier molecular flexibility index (Phi) is 6.27. The number of benzene rings is 1. The molecule has 1 aromatic carbocycles. The van der Waals surface area contributed by atoms with E-state index in [2.05, 4.69) is 22.0 Å². The van der Waals surface area contributed by atoms with Crippen molar-refractivity contribution in [2.75, 3.05) is 38.2 Å². The molecule has 1 aliphatic carbocycles. The molecule has 0 spiro atoms. The molecule has 2 fully saturated rings. The van der Waals surface area contributed by atoms with Gasteiger partial charge in [-0.25, -0.2) is 0 Å². The zero-order valence-electron chi connectivity index (χ0n) is 18.0. The Bertz CT molecular complexity index is 1160. The first-order valence-corrected chi connectivity index (χ1v) is 11.2. The van der Waals surface area contributed by atoms with Gasteiger partial charge in [-0.2, -0.15) is 18.2 Å². The first kappa shape index (κ1) is 23.4. The maximum absolute atomic E-state index is 13.2. The van der Waals surface area contributed by atoms with Crippen molar-refractivity contribution in [3.05, 3.63) is 38.2 Å². The number of oxime groups is 1. The Morgan fingerprint density at radius 1 is 1.33 bits per heavy atom. The summed E-state index contributed by atoms with van der Waals surface area (Å²) in [7, 11) is 1.53. The fourth-order valence-electron chi connectivity index (χ4n) is 4.29. The summed E-state index contributed by atoms with van der Waals surface area (Å²) in [6.45, 7) is 4.78. The smallest absolute Gasteiger partial charge is 0.399 e. The molecule has 0 amide bonds. The number of anilines is 1. The number of hydrogen-bond donors (Lipinski definition) is 0. The van der Waals surface area contributed by atoms with Crippen molar-refractivity contribution in [3.63, 3.8) is 0 Å². The van der Waals surface area contributed by atoms with Gasteiger partial charge < -0.3 is 9.74 Å². The van der Waals surface area contributed by atoms with Crippen LogP contribution in [0.4, 0.5) is 24.0 Å². The molecule has 1 saturated heterocycles. The van der Waals surface area contributed by atoms with E-state index in [4.69, 9.17) is 4.84 Å². The molecule has 0 radical (unpaired) electrons. The van der Waals surface area contributed by atoms with Gasteiger partial charge in [-0.05, 0) is 31.7 Å². The van der Waals surface area contributed by atoms with Gasteiger partial charge in [0.05, 0.1) is 21.6 Å². The zero-order valence-corrected chi connectivity index (χ0v) is 18.8. The van der Waals surface area contributed by atoms with E-state index in [1.807, 2.05) is 4.90 Å². The quantitative estimate of drug-likeness (QED) is 0.472. The third-order valence-corrected chi connectivity index (χ3v) is 7.18. The summed E-state index contributed by atoms with van der Waals surface area (Å²) < 4.78 is 39.4. The Hall–Kier alpha value is -2.80. The van der Waals surface area contributed by atoms with Crippen LogP contribution in [-0.4, -0.2) is 59.8 Å². The number of alkyl halides is 3. The van der Waals surface area contributed by atoms with E-state index in [0.29, 0.717) is 37.7 Å². The summed E-state index contributed by atoms with van der Waals surface area (Å²) in [4.78, 5) is 36.1. The number of halogens is 3. The molecule has 4 rings (SSSR count). The van der Waals surface area contributed by atoms with Crippen LogP contribution in [0.3, 0.4) is 0 Å². The van der Waals surface area contributed by atoms with Crippen LogP contribution in [0.5, 0.6) is 0 Å². The minimum atomic E-state index is -4.81. The predicted molar refractivity (Wildman–Crippen MR) is 118 cm³/mol. The van der Waals surface area contributed by atoms with Gasteiger partial charge in [-0.15, -0.1) is 0 Å². The van der Waals surface area contributed by atoms with Crippen LogP contribution >= 0.6 is 11.3 Å². The lowest BCUT2D eigenvalue weighted by Crippen LogP contribution is -2.54. The number of hydrogen-bond acceptors (Lipinski definition) is 9. The topological polar surface area (TPSA) is 101 Å². The van der Waals surface area contributed by atoms with Crippen molar-refractivity contribution in [2.45, 2.75) is 32.0 Å². The summed E-state index contributed by atoms with van der Waals surface area (Å²) in [6, 6.07) is 1.25. The number of rotatable bonds is 5. The van der Waals surface area contributed by atoms with E-state index in [1.165, 1.54) is 7.11 Å². The Labute approximate surface area is 190 Å². The molecule has 1 saturated carbocycles. The molecular weight excluding hydrogens is 463 g/mol. The van der Waals surface area contributed by atoms with Crippen molar-refractivity contribution in [2.24, 2.45) is 11.1 Å². The van der Waals surface area contributed by atoms with E-state index in [-0.39, 0.29) is 15.9 Å². The fourth-order valence-corrected chi connectivity index (χ4v) is 5.39. The van der Waals surface area contributed by atoms with Gasteiger partial charge >= 0.3 is 6.18 Å². The molecule has 178 valence electrons. The van der Waals surface area contributed by atoms with Gasteiger partial charge in [0.1, 0.15) is 11.8 Å². The summed E-state index contributed by atoms with van der Waals surface area (Å²) in [6.07, 6.45) is -3.01. The molecule has 0 N–H and O–H groups in total. The number of fused-ring (bicyclic) bond motifs is 1. The van der Waals surface area contributed by atoms with Crippen LogP contribution < -0.4 is 10.5 Å². The average Bonchev–Trinajstić information content (AvgIpc) is 2.71. The van der Waals surface area contributed by atoms with Gasteiger partial charge in [0, 0.05) is 38.3 Å². The summed E-state index contributed by atoms with van der Waals surface area (Å²) >= 11 is 0.878. The first-order chi connectivity index (χ1) is 15.6. The van der Waals surface area contributed by atoms with Gasteiger partial charge in [0.2, 0.25) is 0 Å². The minimum absolute atomic E-state index is 0.0995. The Morgan fingerprint density at radius 2 is 2.06 bits per heavy atom. The summed E-state index contributed by atoms with van der Waals surface area (Å²) in [5.41, 5.74) is -1.83. The van der Waals surface area contributed by atoms with Crippen LogP contribution in [-0.2, 0) is 11.0 Å². The van der Waals surface area contributed by atoms with Gasteiger partial charge in [-0.1, -0.05) is 16.5 Å². The number of nitro groups is 1. The molecule has 33 heavy (non-hydrogen) atoms. The molecule has 9 nitrogen and oxygen atoms in total. The number of aromatic nitrogens is 1. The lowest BCUT2D eigenvalue weighted by molar-refractivity contribution is -0.383. The maximum atomic E-state index is 13.2. The van der Waals surface area contributed by atoms with Gasteiger partial charge in [0.25, 0.3) is 11.2 Å². The second-order valence-electron chi connectivity index (χ2n) is 8.33. The second kappa shape index (κ2) is 8.86. The van der Waals surface area contributed by atoms with Crippen LogP contribution in [0.2, 0.25) is 0 Å². The van der Waals surface area contributed by atoms with Crippen molar-refractivity contribution in [1.82, 2.24) is 9.88 Å². The van der Waals surface area contributed by atoms with E-state index >= 15 is 0 Å². The highest BCUT2D eigenvalue weighted by molar-refractivity contribution is 7.22. The van der Waals surface area contributed by atoms with Gasteiger partial charge in [-0.3, -0.25) is 19.8 Å². The standard InChI is InChI=1S/C20H22F3N5O4S/c1-11-9-27(4-3-26(11)10-12-5-14(6-12)25-32-2)19-24-18(29)15-7-13(20(21,22)23)8-16(28(30)31)17(15)33-19/h7-8,11-12H,3-6,9-10H2,1-2H3. The molecular formula is C20H22F3N5O4S. The molecule has 2 heterocycles. The molecule has 13 heteroatoms. The fraction of sp³-hybridized carbons (Fsp3) is 0.550. The van der Waals surface area contributed by atoms with Crippen molar-refractivity contribution in [3.8, 4) is 0 Å². The molecule has 2 aliphatic rings. The van der Waals surface area contributed by atoms with Crippen molar-refractivity contribution in [1.29, 1.82) is 0 Å². The van der Waals surface area contributed by atoms with E-state index in [1.54, 1.807) is 0 Å². The zero-order chi connectivity index (χ0) is 23.9. The Balaban J connectivity index is 1.56. The number of piperazine rings is 1. The third kappa shape index (κ3) is 4.78. The van der Waals surface area contributed by atoms with Crippen LogP contribution in [0.25, 0.3) is 10.1 Å². The normalized spacial score (nSPS) is 21.7. The largest absolute Gasteiger partial charge is 0.416 e. The Morgan fingerprint density at radius 3 is 2.67 bits per heavy atom. The predicted octanol–water partition coefficient (Wildman–Crippen LogP) is 3.51. The molecule has 2 aromatic rings. The van der Waals surface area contributed by atoms with E-state index < -0.39 is 33.3 Å². The summed E-state index contributed by atoms with van der Waals surface area (Å²) in [5, 5.41) is 15.3. The maximum Gasteiger partial charge on any atom is 0.416 e. The molecule has 1 unspecified atom stereocenters. The lowest BCUT2D eigenvalue weighted by Gasteiger charge is -2.43. The molecule has 0 bridgehead atoms. The molecule has 1 atom stereocenters. The first-order valence-electron chi connectivity index (χ1n) is 10.3. The highest BCUT2D eigenvalue weighted by Gasteiger charge is 2.35. The average molecular weight is 485 g/mol. The SMILES string of the molecule is CON=C1CC(CN2CCN(c3nc(=O)c4cc(C(F)(F)F)cc([N+](=O)[O-])c4s3)CC2C)C1. The molecule has 1 aliphatic heterocycles. The molecule has 1 aromatic heterocycles. The monoisotopic (exact) mass is 485 g/mol. The number of nitrogens with zero attached hydrogens (tertiary/aromatic N) is 5. The van der Waals surface area contributed by atoms with Crippen molar-refractivity contribution < 1.29 is 22.9 Å². The van der Waals surface area contributed by atoms with E-state index in [9.17, 15) is 28.1 Å². The summed E-state index contributed by atoms with van der Waals surface area (Å²) in [5.74, 6) is 0.508. The number of nitro benzene ring substituents is 1. The second-order valence-corrected chi connectivity index (χ2v) is 9.31.